The van der Waals surface area contributed by atoms with Gasteiger partial charge in [0.2, 0.25) is 5.95 Å². The molecule has 3 heterocycles. The number of anilines is 1. The maximum atomic E-state index is 13.3. The molecule has 8 heteroatoms. The van der Waals surface area contributed by atoms with Crippen LogP contribution in [-0.2, 0) is 9.59 Å². The predicted octanol–water partition coefficient (Wildman–Crippen LogP) is 4.21. The summed E-state index contributed by atoms with van der Waals surface area (Å²) in [6.07, 6.45) is 3.18. The van der Waals surface area contributed by atoms with Gasteiger partial charge in [0, 0.05) is 18.0 Å². The molecule has 0 bridgehead atoms. The molecular weight excluding hydrogens is 432 g/mol. The van der Waals surface area contributed by atoms with Crippen LogP contribution < -0.4 is 9.64 Å². The molecule has 1 fully saturated rings. The number of aromatic amines is 1. The van der Waals surface area contributed by atoms with Crippen LogP contribution in [0.25, 0.3) is 16.8 Å². The Morgan fingerprint density at radius 1 is 1.09 bits per heavy atom. The number of amides is 1. The van der Waals surface area contributed by atoms with Gasteiger partial charge in [0.25, 0.3) is 5.78 Å². The summed E-state index contributed by atoms with van der Waals surface area (Å²) >= 11 is 0. The van der Waals surface area contributed by atoms with Gasteiger partial charge in [0.05, 0.1) is 29.8 Å². The predicted molar refractivity (Wildman–Crippen MR) is 128 cm³/mol. The summed E-state index contributed by atoms with van der Waals surface area (Å²) in [5.74, 6) is -0.939. The first kappa shape index (κ1) is 21.4. The lowest BCUT2D eigenvalue weighted by Crippen LogP contribution is -2.30. The zero-order chi connectivity index (χ0) is 24.0. The molecule has 1 unspecified atom stereocenters. The van der Waals surface area contributed by atoms with Crippen LogP contribution in [0.1, 0.15) is 28.3 Å². The third-order valence-corrected chi connectivity index (χ3v) is 6.05. The Bertz CT molecular complexity index is 1440. The fraction of sp³-hybridized carbons (Fsp3) is 0.154. The van der Waals surface area contributed by atoms with Crippen molar-refractivity contribution < 1.29 is 19.4 Å². The Balaban J connectivity index is 1.74. The number of imidazole rings is 1. The Morgan fingerprint density at radius 2 is 1.88 bits per heavy atom. The number of hydrogen-bond donors (Lipinski definition) is 2. The lowest BCUT2D eigenvalue weighted by atomic mass is 9.94. The average Bonchev–Trinajstić information content (AvgIpc) is 3.39. The molecule has 0 saturated carbocycles. The van der Waals surface area contributed by atoms with Crippen LogP contribution in [-0.4, -0.2) is 38.9 Å². The number of H-pyrrole nitrogens is 1. The van der Waals surface area contributed by atoms with Crippen molar-refractivity contribution in [3.63, 3.8) is 0 Å². The maximum Gasteiger partial charge on any atom is 0.302 e. The minimum Gasteiger partial charge on any atom is -0.507 e. The molecule has 1 amide bonds. The number of fused-ring (bicyclic) bond motifs is 1. The second kappa shape index (κ2) is 8.15. The van der Waals surface area contributed by atoms with Crippen LogP contribution in [0.15, 0.2) is 66.5 Å². The summed E-state index contributed by atoms with van der Waals surface area (Å²) in [7, 11) is 1.57. The number of pyridine rings is 1. The number of Topliss-reactive ketones (excluding diaryl/α,β-unsaturated/α-hetero) is 1. The Morgan fingerprint density at radius 3 is 2.59 bits per heavy atom. The molecule has 2 N–H and O–H groups in total. The third-order valence-electron chi connectivity index (χ3n) is 6.05. The fourth-order valence-corrected chi connectivity index (χ4v) is 4.37. The van der Waals surface area contributed by atoms with Gasteiger partial charge >= 0.3 is 5.91 Å². The molecule has 1 saturated heterocycles. The van der Waals surface area contributed by atoms with Gasteiger partial charge in [0.15, 0.2) is 0 Å². The number of nitrogens with zero attached hydrogens (tertiary/aromatic N) is 3. The van der Waals surface area contributed by atoms with Gasteiger partial charge in [-0.25, -0.2) is 4.98 Å². The number of ether oxygens (including phenoxy) is 1. The van der Waals surface area contributed by atoms with E-state index in [-0.39, 0.29) is 17.3 Å². The van der Waals surface area contributed by atoms with Crippen LogP contribution in [0, 0.1) is 13.8 Å². The smallest absolute Gasteiger partial charge is 0.302 e. The number of benzene rings is 2. The second-order valence-electron chi connectivity index (χ2n) is 8.17. The monoisotopic (exact) mass is 454 g/mol. The molecule has 2 aromatic carbocycles. The van der Waals surface area contributed by atoms with Crippen molar-refractivity contribution in [2.75, 3.05) is 12.0 Å². The van der Waals surface area contributed by atoms with Gasteiger partial charge in [-0.15, -0.1) is 0 Å². The van der Waals surface area contributed by atoms with Crippen molar-refractivity contribution in [1.82, 2.24) is 15.0 Å². The Hall–Kier alpha value is -4.46. The lowest BCUT2D eigenvalue weighted by Gasteiger charge is -2.23. The van der Waals surface area contributed by atoms with E-state index in [0.717, 1.165) is 11.1 Å². The van der Waals surface area contributed by atoms with E-state index >= 15 is 0 Å². The van der Waals surface area contributed by atoms with Crippen LogP contribution in [0.2, 0.25) is 0 Å². The minimum absolute atomic E-state index is 0.0221. The van der Waals surface area contributed by atoms with Crippen molar-refractivity contribution in [3.05, 3.63) is 88.8 Å². The number of aromatic nitrogens is 3. The van der Waals surface area contributed by atoms with E-state index in [2.05, 4.69) is 15.0 Å². The Labute approximate surface area is 195 Å². The van der Waals surface area contributed by atoms with E-state index in [1.165, 1.54) is 4.90 Å². The largest absolute Gasteiger partial charge is 0.507 e. The number of rotatable bonds is 4. The molecule has 2 aromatic heterocycles. The van der Waals surface area contributed by atoms with Gasteiger partial charge in [-0.1, -0.05) is 18.2 Å². The molecule has 0 spiro atoms. The number of hydrogen-bond acceptors (Lipinski definition) is 6. The molecule has 4 aromatic rings. The second-order valence-corrected chi connectivity index (χ2v) is 8.17. The normalized spacial score (nSPS) is 17.5. The molecule has 1 atom stereocenters. The van der Waals surface area contributed by atoms with Crippen LogP contribution in [0.3, 0.4) is 0 Å². The summed E-state index contributed by atoms with van der Waals surface area (Å²) in [6, 6.07) is 13.5. The summed E-state index contributed by atoms with van der Waals surface area (Å²) in [5, 5.41) is 11.4. The van der Waals surface area contributed by atoms with Gasteiger partial charge < -0.3 is 14.8 Å². The lowest BCUT2D eigenvalue weighted by molar-refractivity contribution is -0.132. The number of ketones is 1. The molecule has 1 aliphatic heterocycles. The van der Waals surface area contributed by atoms with Crippen molar-refractivity contribution in [2.45, 2.75) is 19.9 Å². The van der Waals surface area contributed by atoms with Gasteiger partial charge in [-0.3, -0.25) is 19.5 Å². The highest BCUT2D eigenvalue weighted by Crippen LogP contribution is 2.42. The summed E-state index contributed by atoms with van der Waals surface area (Å²) in [6.45, 7) is 3.66. The van der Waals surface area contributed by atoms with Crippen LogP contribution >= 0.6 is 0 Å². The number of methoxy groups -OCH3 is 1. The van der Waals surface area contributed by atoms with Gasteiger partial charge in [-0.05, 0) is 60.9 Å². The van der Waals surface area contributed by atoms with E-state index < -0.39 is 17.7 Å². The number of aliphatic hydroxyl groups excluding tert-OH is 1. The summed E-state index contributed by atoms with van der Waals surface area (Å²) in [5.41, 5.74) is 3.89. The van der Waals surface area contributed by atoms with E-state index in [9.17, 15) is 14.7 Å². The molecule has 1 aliphatic rings. The summed E-state index contributed by atoms with van der Waals surface area (Å²) in [4.78, 5) is 39.7. The fourth-order valence-electron chi connectivity index (χ4n) is 4.37. The molecule has 34 heavy (non-hydrogen) atoms. The standard InChI is InChI=1S/C26H22N4O4/c1-14-12-20(34-3)15(2)11-17(14)23(31)21-22(16-7-6-10-27-13-16)30(25(33)24(21)32)26-28-18-8-4-5-9-19(18)29-26/h4-13,22,31H,1-3H3,(H,28,29)/b23-21+. The van der Waals surface area contributed by atoms with E-state index in [1.807, 2.05) is 38.1 Å². The van der Waals surface area contributed by atoms with Crippen LogP contribution in [0.4, 0.5) is 5.95 Å². The number of para-hydroxylation sites is 2. The molecule has 0 radical (unpaired) electrons. The molecule has 8 nitrogen and oxygen atoms in total. The number of aryl methyl sites for hydroxylation is 2. The molecule has 170 valence electrons. The highest BCUT2D eigenvalue weighted by atomic mass is 16.5. The summed E-state index contributed by atoms with van der Waals surface area (Å²) < 4.78 is 5.37. The highest BCUT2D eigenvalue weighted by molar-refractivity contribution is 6.51. The van der Waals surface area contributed by atoms with Gasteiger partial charge in [-0.2, -0.15) is 0 Å². The average molecular weight is 454 g/mol. The van der Waals surface area contributed by atoms with Crippen LogP contribution in [0.5, 0.6) is 5.75 Å². The SMILES string of the molecule is COc1cc(C)c(/C(O)=C2\C(=O)C(=O)N(c3nc4ccccc4[nH]3)C2c2cccnc2)cc1C. The van der Waals surface area contributed by atoms with Gasteiger partial charge in [0.1, 0.15) is 11.5 Å². The van der Waals surface area contributed by atoms with E-state index in [1.54, 1.807) is 43.8 Å². The molecular formula is C26H22N4O4. The number of aliphatic hydroxyl groups is 1. The first-order chi connectivity index (χ1) is 16.4. The third kappa shape index (κ3) is 3.31. The first-order valence-electron chi connectivity index (χ1n) is 10.7. The molecule has 0 aliphatic carbocycles. The quantitative estimate of drug-likeness (QED) is 0.272. The van der Waals surface area contributed by atoms with Crippen molar-refractivity contribution in [1.29, 1.82) is 0 Å². The number of nitrogens with one attached hydrogen (secondary N) is 1. The maximum absolute atomic E-state index is 13.3. The van der Waals surface area contributed by atoms with E-state index in [4.69, 9.17) is 4.74 Å². The van der Waals surface area contributed by atoms with E-state index in [0.29, 0.717) is 28.0 Å². The zero-order valence-electron chi connectivity index (χ0n) is 18.9. The van der Waals surface area contributed by atoms with Crippen molar-refractivity contribution in [3.8, 4) is 5.75 Å². The zero-order valence-corrected chi connectivity index (χ0v) is 18.9. The molecule has 5 rings (SSSR count). The highest BCUT2D eigenvalue weighted by Gasteiger charge is 2.48. The van der Waals surface area contributed by atoms with Crippen molar-refractivity contribution >= 4 is 34.4 Å². The topological polar surface area (TPSA) is 108 Å². The first-order valence-corrected chi connectivity index (χ1v) is 10.7. The van der Waals surface area contributed by atoms with Crippen molar-refractivity contribution in [2.24, 2.45) is 0 Å². The Kier molecular flexibility index (Phi) is 5.13. The minimum atomic E-state index is -0.906. The number of carbonyl (C=O) groups is 2. The number of carbonyl (C=O) groups excluding carboxylic acids is 2.